The molecule has 98 valence electrons. The van der Waals surface area contributed by atoms with E-state index >= 15 is 0 Å². The van der Waals surface area contributed by atoms with Crippen molar-refractivity contribution in [3.63, 3.8) is 0 Å². The van der Waals surface area contributed by atoms with Crippen molar-refractivity contribution < 1.29 is 26.6 Å². The lowest BCUT2D eigenvalue weighted by Crippen LogP contribution is -2.36. The first-order valence-corrected chi connectivity index (χ1v) is 5.25. The van der Waals surface area contributed by atoms with Gasteiger partial charge in [0.2, 0.25) is 6.20 Å². The number of ether oxygens (including phenoxy) is 1. The first-order valence-electron chi connectivity index (χ1n) is 5.25. The van der Waals surface area contributed by atoms with Gasteiger partial charge < -0.3 is 22.0 Å². The normalized spacial score (nSPS) is 10.5. The highest BCUT2D eigenvalue weighted by atomic mass is 19.5. The van der Waals surface area contributed by atoms with Crippen molar-refractivity contribution >= 4 is 7.25 Å². The van der Waals surface area contributed by atoms with Crippen LogP contribution in [0.4, 0.5) is 17.3 Å². The fourth-order valence-corrected chi connectivity index (χ4v) is 1.29. The zero-order chi connectivity index (χ0) is 13.5. The van der Waals surface area contributed by atoms with Crippen molar-refractivity contribution in [3.05, 3.63) is 24.0 Å². The minimum Gasteiger partial charge on any atom is -0.491 e. The van der Waals surface area contributed by atoms with Crippen LogP contribution in [0.2, 0.25) is 0 Å². The number of hydrogen-bond donors (Lipinski definition) is 0. The molecule has 0 bridgehead atoms. The predicted molar refractivity (Wildman–Crippen MR) is 58.4 cm³/mol. The minimum absolute atomic E-state index is 0.925. The van der Waals surface area contributed by atoms with E-state index in [4.69, 9.17) is 4.74 Å². The molecule has 0 aliphatic rings. The first kappa shape index (κ1) is 15.7. The lowest BCUT2D eigenvalue weighted by Gasteiger charge is -2.01. The highest BCUT2D eigenvalue weighted by molar-refractivity contribution is 6.50. The van der Waals surface area contributed by atoms with Crippen molar-refractivity contribution in [1.29, 1.82) is 0 Å². The second kappa shape index (κ2) is 7.14. The molecule has 0 amide bonds. The minimum atomic E-state index is -6.00. The number of nitrogens with zero attached hydrogens (tertiary/aromatic N) is 1. The van der Waals surface area contributed by atoms with Gasteiger partial charge in [0.05, 0.1) is 7.11 Å². The summed E-state index contributed by atoms with van der Waals surface area (Å²) in [7, 11) is -4.30. The maximum absolute atomic E-state index is 9.75. The summed E-state index contributed by atoms with van der Waals surface area (Å²) in [6, 6.07) is 4.12. The Labute approximate surface area is 98.3 Å². The summed E-state index contributed by atoms with van der Waals surface area (Å²) < 4.78 is 46.3. The van der Waals surface area contributed by atoms with Crippen LogP contribution in [0.5, 0.6) is 5.75 Å². The molecular formula is C10H16BF4NO. The molecule has 17 heavy (non-hydrogen) atoms. The lowest BCUT2D eigenvalue weighted by molar-refractivity contribution is -0.700. The van der Waals surface area contributed by atoms with Crippen molar-refractivity contribution in [2.24, 2.45) is 0 Å². The van der Waals surface area contributed by atoms with E-state index in [0.29, 0.717) is 0 Å². The summed E-state index contributed by atoms with van der Waals surface area (Å²) in [5.74, 6) is 0.925. The highest BCUT2D eigenvalue weighted by Crippen LogP contribution is 2.07. The number of aromatic nitrogens is 1. The molecule has 0 aromatic carbocycles. The first-order chi connectivity index (χ1) is 7.81. The number of methoxy groups -OCH3 is 1. The van der Waals surface area contributed by atoms with Crippen molar-refractivity contribution in [1.82, 2.24) is 0 Å². The molecule has 0 spiro atoms. The van der Waals surface area contributed by atoms with E-state index in [1.165, 1.54) is 5.69 Å². The number of hydrogen-bond acceptors (Lipinski definition) is 1. The van der Waals surface area contributed by atoms with E-state index in [9.17, 15) is 17.3 Å². The molecule has 0 saturated heterocycles. The Hall–Kier alpha value is -1.27. The highest BCUT2D eigenvalue weighted by Gasteiger charge is 2.20. The van der Waals surface area contributed by atoms with Crippen molar-refractivity contribution in [2.45, 2.75) is 26.8 Å². The fourth-order valence-electron chi connectivity index (χ4n) is 1.29. The van der Waals surface area contributed by atoms with Gasteiger partial charge in [0.1, 0.15) is 6.54 Å². The topological polar surface area (TPSA) is 13.1 Å². The Morgan fingerprint density at radius 2 is 1.71 bits per heavy atom. The summed E-state index contributed by atoms with van der Waals surface area (Å²) in [4.78, 5) is 0. The molecule has 0 atom stereocenters. The Bertz CT molecular complexity index is 338. The largest absolute Gasteiger partial charge is 0.673 e. The van der Waals surface area contributed by atoms with E-state index in [2.05, 4.69) is 24.5 Å². The molecule has 0 aliphatic carbocycles. The summed E-state index contributed by atoms with van der Waals surface area (Å²) in [5, 5.41) is 0. The maximum atomic E-state index is 9.75. The van der Waals surface area contributed by atoms with Gasteiger partial charge in [0, 0.05) is 12.5 Å². The molecule has 0 fully saturated rings. The van der Waals surface area contributed by atoms with Crippen LogP contribution in [0.3, 0.4) is 0 Å². The van der Waals surface area contributed by atoms with Crippen LogP contribution < -0.4 is 9.30 Å². The SMILES string of the molecule is CCc1ccc(OC)c[n+]1CC.F[B-](F)(F)F. The van der Waals surface area contributed by atoms with Gasteiger partial charge in [0.15, 0.2) is 11.4 Å². The van der Waals surface area contributed by atoms with Crippen molar-refractivity contribution in [2.75, 3.05) is 7.11 Å². The van der Waals surface area contributed by atoms with Gasteiger partial charge in [0.25, 0.3) is 0 Å². The molecule has 0 N–H and O–H groups in total. The second-order valence-electron chi connectivity index (χ2n) is 3.19. The molecule has 1 aromatic rings. The standard InChI is InChI=1S/C10H16NO.BF4/c1-4-9-6-7-10(12-3)8-11(9)5-2;2-1(3,4)5/h6-8H,4-5H2,1-3H3;/q+1;-1. The van der Waals surface area contributed by atoms with Crippen LogP contribution in [0.25, 0.3) is 0 Å². The second-order valence-corrected chi connectivity index (χ2v) is 3.19. The molecule has 0 aliphatic heterocycles. The van der Waals surface area contributed by atoms with E-state index in [1.807, 2.05) is 12.3 Å². The Morgan fingerprint density at radius 1 is 1.18 bits per heavy atom. The molecule has 1 rings (SSSR count). The maximum Gasteiger partial charge on any atom is 0.673 e. The van der Waals surface area contributed by atoms with Gasteiger partial charge in [-0.2, -0.15) is 4.57 Å². The van der Waals surface area contributed by atoms with Gasteiger partial charge >= 0.3 is 7.25 Å². The Kier molecular flexibility index (Phi) is 6.61. The lowest BCUT2D eigenvalue weighted by atomic mass is 10.2. The van der Waals surface area contributed by atoms with E-state index in [-0.39, 0.29) is 0 Å². The fraction of sp³-hybridized carbons (Fsp3) is 0.500. The predicted octanol–water partition coefficient (Wildman–Crippen LogP) is 2.87. The molecule has 1 aromatic heterocycles. The molecule has 0 radical (unpaired) electrons. The van der Waals surface area contributed by atoms with Crippen molar-refractivity contribution in [3.8, 4) is 5.75 Å². The third-order valence-electron chi connectivity index (χ3n) is 2.03. The average molecular weight is 253 g/mol. The molecule has 1 heterocycles. The van der Waals surface area contributed by atoms with Crippen LogP contribution in [-0.2, 0) is 13.0 Å². The number of aryl methyl sites for hydroxylation is 2. The monoisotopic (exact) mass is 253 g/mol. The van der Waals surface area contributed by atoms with E-state index in [1.54, 1.807) is 7.11 Å². The number of pyridine rings is 1. The smallest absolute Gasteiger partial charge is 0.491 e. The third kappa shape index (κ3) is 7.60. The zero-order valence-electron chi connectivity index (χ0n) is 10.1. The number of rotatable bonds is 3. The van der Waals surface area contributed by atoms with Gasteiger partial charge in [-0.05, 0) is 13.0 Å². The van der Waals surface area contributed by atoms with Crippen LogP contribution in [0.1, 0.15) is 19.5 Å². The van der Waals surface area contributed by atoms with Gasteiger partial charge in [-0.3, -0.25) is 0 Å². The van der Waals surface area contributed by atoms with E-state index in [0.717, 1.165) is 18.7 Å². The molecular weight excluding hydrogens is 237 g/mol. The Morgan fingerprint density at radius 3 is 2.06 bits per heavy atom. The number of halogens is 4. The molecule has 7 heteroatoms. The third-order valence-corrected chi connectivity index (χ3v) is 2.03. The van der Waals surface area contributed by atoms with Gasteiger partial charge in [-0.1, -0.05) is 6.92 Å². The molecule has 2 nitrogen and oxygen atoms in total. The van der Waals surface area contributed by atoms with Crippen LogP contribution in [-0.4, -0.2) is 14.4 Å². The van der Waals surface area contributed by atoms with E-state index < -0.39 is 7.25 Å². The van der Waals surface area contributed by atoms with Crippen LogP contribution in [0, 0.1) is 0 Å². The average Bonchev–Trinajstić information content (AvgIpc) is 2.25. The molecule has 0 unspecified atom stereocenters. The quantitative estimate of drug-likeness (QED) is 0.458. The Balaban J connectivity index is 0.000000437. The van der Waals surface area contributed by atoms with Gasteiger partial charge in [-0.25, -0.2) is 0 Å². The summed E-state index contributed by atoms with van der Waals surface area (Å²) in [6.45, 7) is 5.30. The summed E-state index contributed by atoms with van der Waals surface area (Å²) in [5.41, 5.74) is 1.35. The van der Waals surface area contributed by atoms with Crippen LogP contribution in [0.15, 0.2) is 18.3 Å². The summed E-state index contributed by atoms with van der Waals surface area (Å²) in [6.07, 6.45) is 3.11. The molecule has 0 saturated carbocycles. The summed E-state index contributed by atoms with van der Waals surface area (Å²) >= 11 is 0. The van der Waals surface area contributed by atoms with Crippen LogP contribution >= 0.6 is 0 Å². The van der Waals surface area contributed by atoms with Gasteiger partial charge in [-0.15, -0.1) is 0 Å². The zero-order valence-corrected chi connectivity index (χ0v) is 10.1.